The van der Waals surface area contributed by atoms with Gasteiger partial charge in [-0.05, 0) is 24.7 Å². The van der Waals surface area contributed by atoms with E-state index in [2.05, 4.69) is 26.1 Å². The van der Waals surface area contributed by atoms with Crippen LogP contribution in [0.15, 0.2) is 11.8 Å². The molecule has 0 rings (SSSR count). The molecule has 17 heavy (non-hydrogen) atoms. The van der Waals surface area contributed by atoms with Crippen molar-refractivity contribution in [1.82, 2.24) is 5.32 Å². The maximum Gasteiger partial charge on any atom is 0.352 e. The van der Waals surface area contributed by atoms with Crippen molar-refractivity contribution in [3.63, 3.8) is 0 Å². The summed E-state index contributed by atoms with van der Waals surface area (Å²) in [5.41, 5.74) is 0.119. The van der Waals surface area contributed by atoms with Crippen molar-refractivity contribution in [3.8, 4) is 0 Å². The second kappa shape index (κ2) is 6.42. The fraction of sp³-hybridized carbons (Fsp3) is 0.692. The lowest BCUT2D eigenvalue weighted by Gasteiger charge is -2.22. The molecule has 2 N–H and O–H groups in total. The summed E-state index contributed by atoms with van der Waals surface area (Å²) in [6.07, 6.45) is 2.66. The second-order valence-electron chi connectivity index (χ2n) is 5.63. The summed E-state index contributed by atoms with van der Waals surface area (Å²) in [7, 11) is 0. The minimum Gasteiger partial charge on any atom is -0.477 e. The van der Waals surface area contributed by atoms with Crippen molar-refractivity contribution < 1.29 is 14.7 Å². The average molecular weight is 241 g/mol. The van der Waals surface area contributed by atoms with Gasteiger partial charge in [0.05, 0.1) is 0 Å². The number of hydrogen-bond donors (Lipinski definition) is 2. The van der Waals surface area contributed by atoms with Gasteiger partial charge in [0.25, 0.3) is 0 Å². The van der Waals surface area contributed by atoms with Gasteiger partial charge in [0.1, 0.15) is 5.70 Å². The highest BCUT2D eigenvalue weighted by Gasteiger charge is 2.18. The van der Waals surface area contributed by atoms with E-state index in [1.54, 1.807) is 6.92 Å². The third kappa shape index (κ3) is 7.55. The van der Waals surface area contributed by atoms with Crippen LogP contribution in [0.4, 0.5) is 0 Å². The van der Waals surface area contributed by atoms with Gasteiger partial charge in [-0.15, -0.1) is 0 Å². The van der Waals surface area contributed by atoms with Crippen molar-refractivity contribution >= 4 is 11.9 Å². The van der Waals surface area contributed by atoms with Gasteiger partial charge in [0.15, 0.2) is 0 Å². The van der Waals surface area contributed by atoms with Crippen LogP contribution >= 0.6 is 0 Å². The second-order valence-corrected chi connectivity index (χ2v) is 5.63. The van der Waals surface area contributed by atoms with E-state index < -0.39 is 5.97 Å². The van der Waals surface area contributed by atoms with E-state index in [1.807, 2.05) is 6.92 Å². The number of rotatable bonds is 5. The highest BCUT2D eigenvalue weighted by atomic mass is 16.4. The first-order chi connectivity index (χ1) is 7.65. The van der Waals surface area contributed by atoms with Gasteiger partial charge in [0.2, 0.25) is 5.91 Å². The Kier molecular flexibility index (Phi) is 5.93. The lowest BCUT2D eigenvalue weighted by atomic mass is 9.84. The van der Waals surface area contributed by atoms with Crippen LogP contribution in [-0.2, 0) is 9.59 Å². The Morgan fingerprint density at radius 1 is 1.35 bits per heavy atom. The molecule has 0 saturated carbocycles. The Morgan fingerprint density at radius 3 is 2.24 bits per heavy atom. The predicted octanol–water partition coefficient (Wildman–Crippen LogP) is 2.55. The average Bonchev–Trinajstić information content (AvgIpc) is 2.09. The van der Waals surface area contributed by atoms with Crippen LogP contribution in [0.3, 0.4) is 0 Å². The molecule has 1 atom stereocenters. The Bertz CT molecular complexity index is 313. The Labute approximate surface area is 103 Å². The molecule has 1 unspecified atom stereocenters. The van der Waals surface area contributed by atoms with Crippen molar-refractivity contribution in [2.45, 2.75) is 47.5 Å². The Hall–Kier alpha value is -1.32. The zero-order valence-electron chi connectivity index (χ0n) is 11.3. The zero-order valence-corrected chi connectivity index (χ0v) is 11.3. The van der Waals surface area contributed by atoms with Crippen LogP contribution in [-0.4, -0.2) is 17.0 Å². The third-order valence-corrected chi connectivity index (χ3v) is 2.29. The quantitative estimate of drug-likeness (QED) is 0.727. The molecule has 98 valence electrons. The maximum absolute atomic E-state index is 11.6. The van der Waals surface area contributed by atoms with Crippen LogP contribution in [0.2, 0.25) is 0 Å². The smallest absolute Gasteiger partial charge is 0.352 e. The molecule has 0 aromatic heterocycles. The highest BCUT2D eigenvalue weighted by Crippen LogP contribution is 2.25. The summed E-state index contributed by atoms with van der Waals surface area (Å²) >= 11 is 0. The molecule has 4 heteroatoms. The highest BCUT2D eigenvalue weighted by molar-refractivity contribution is 5.92. The topological polar surface area (TPSA) is 66.4 Å². The van der Waals surface area contributed by atoms with Gasteiger partial charge < -0.3 is 10.4 Å². The first kappa shape index (κ1) is 15.7. The molecule has 1 amide bonds. The normalized spacial score (nSPS) is 14.3. The minimum absolute atomic E-state index is 0.0574. The van der Waals surface area contributed by atoms with E-state index in [1.165, 1.54) is 6.08 Å². The summed E-state index contributed by atoms with van der Waals surface area (Å²) in [6.45, 7) is 9.95. The van der Waals surface area contributed by atoms with Crippen molar-refractivity contribution in [3.05, 3.63) is 11.8 Å². The van der Waals surface area contributed by atoms with Crippen LogP contribution in [0.1, 0.15) is 47.5 Å². The van der Waals surface area contributed by atoms with Crippen molar-refractivity contribution in [2.75, 3.05) is 0 Å². The van der Waals surface area contributed by atoms with Crippen molar-refractivity contribution in [1.29, 1.82) is 0 Å². The molecule has 0 aromatic carbocycles. The van der Waals surface area contributed by atoms with Gasteiger partial charge in [-0.2, -0.15) is 0 Å². The minimum atomic E-state index is -1.11. The summed E-state index contributed by atoms with van der Waals surface area (Å²) < 4.78 is 0. The number of allylic oxidation sites excluding steroid dienone is 1. The summed E-state index contributed by atoms with van der Waals surface area (Å²) in [6, 6.07) is 0. The first-order valence-corrected chi connectivity index (χ1v) is 5.85. The molecule has 0 aliphatic rings. The Balaban J connectivity index is 4.23. The van der Waals surface area contributed by atoms with Gasteiger partial charge >= 0.3 is 5.97 Å². The monoisotopic (exact) mass is 241 g/mol. The number of carboxylic acids is 1. The number of aliphatic carboxylic acids is 1. The summed E-state index contributed by atoms with van der Waals surface area (Å²) in [4.78, 5) is 22.3. The molecule has 0 heterocycles. The zero-order chi connectivity index (χ0) is 13.6. The molecule has 0 aliphatic heterocycles. The van der Waals surface area contributed by atoms with Crippen LogP contribution < -0.4 is 5.32 Å². The van der Waals surface area contributed by atoms with Crippen LogP contribution in [0.5, 0.6) is 0 Å². The largest absolute Gasteiger partial charge is 0.477 e. The van der Waals surface area contributed by atoms with Gasteiger partial charge in [0, 0.05) is 6.42 Å². The number of carbonyl (C=O) groups is 2. The third-order valence-electron chi connectivity index (χ3n) is 2.29. The number of amides is 1. The fourth-order valence-electron chi connectivity index (χ4n) is 1.88. The van der Waals surface area contributed by atoms with E-state index in [9.17, 15) is 9.59 Å². The number of nitrogens with one attached hydrogen (secondary N) is 1. The Morgan fingerprint density at radius 2 is 1.88 bits per heavy atom. The van der Waals surface area contributed by atoms with E-state index in [0.717, 1.165) is 6.42 Å². The predicted molar refractivity (Wildman–Crippen MR) is 67.4 cm³/mol. The maximum atomic E-state index is 11.6. The number of carbonyl (C=O) groups excluding carboxylic acids is 1. The molecule has 4 nitrogen and oxygen atoms in total. The van der Waals surface area contributed by atoms with Gasteiger partial charge in [-0.1, -0.05) is 33.8 Å². The van der Waals surface area contributed by atoms with Crippen LogP contribution in [0, 0.1) is 11.3 Å². The van der Waals surface area contributed by atoms with Crippen molar-refractivity contribution in [2.24, 2.45) is 11.3 Å². The van der Waals surface area contributed by atoms with Crippen LogP contribution in [0.25, 0.3) is 0 Å². The fourth-order valence-corrected chi connectivity index (χ4v) is 1.88. The standard InChI is InChI=1S/C13H23NO3/c1-6-10(12(16)17)14-11(15)7-9(2)8-13(3,4)5/h6,9H,7-8H2,1-5H3,(H,14,15)(H,16,17)/b10-6-. The number of hydrogen-bond acceptors (Lipinski definition) is 2. The molecule has 0 bridgehead atoms. The summed E-state index contributed by atoms with van der Waals surface area (Å²) in [5, 5.41) is 11.2. The number of carboxylic acid groups (broad SMARTS) is 1. The van der Waals surface area contributed by atoms with Gasteiger partial charge in [-0.3, -0.25) is 4.79 Å². The molecular formula is C13H23NO3. The summed E-state index contributed by atoms with van der Waals surface area (Å²) in [5.74, 6) is -1.11. The molecule has 0 spiro atoms. The van der Waals surface area contributed by atoms with E-state index in [4.69, 9.17) is 5.11 Å². The SMILES string of the molecule is C/C=C(\NC(=O)CC(C)CC(C)(C)C)C(=O)O. The van der Waals surface area contributed by atoms with Gasteiger partial charge in [-0.25, -0.2) is 4.79 Å². The molecule has 0 fully saturated rings. The first-order valence-electron chi connectivity index (χ1n) is 5.85. The lowest BCUT2D eigenvalue weighted by molar-refractivity contribution is -0.134. The molecule has 0 aliphatic carbocycles. The molecule has 0 saturated heterocycles. The molecular weight excluding hydrogens is 218 g/mol. The van der Waals surface area contributed by atoms with E-state index >= 15 is 0 Å². The van der Waals surface area contributed by atoms with E-state index in [-0.39, 0.29) is 22.9 Å². The van der Waals surface area contributed by atoms with E-state index in [0.29, 0.717) is 6.42 Å². The molecule has 0 radical (unpaired) electrons. The molecule has 0 aromatic rings. The lowest BCUT2D eigenvalue weighted by Crippen LogP contribution is -2.29.